The molecule has 2 aromatic carbocycles. The van der Waals surface area contributed by atoms with E-state index in [-0.39, 0.29) is 25.0 Å². The Morgan fingerprint density at radius 1 is 1.00 bits per heavy atom. The van der Waals surface area contributed by atoms with Crippen molar-refractivity contribution >= 4 is 11.8 Å². The molecule has 0 aliphatic heterocycles. The minimum absolute atomic E-state index is 0.147. The van der Waals surface area contributed by atoms with Crippen molar-refractivity contribution in [1.82, 2.24) is 10.2 Å². The molecular formula is C25H34N2O4. The summed E-state index contributed by atoms with van der Waals surface area (Å²) >= 11 is 0. The summed E-state index contributed by atoms with van der Waals surface area (Å²) < 4.78 is 10.9. The molecule has 2 amide bonds. The van der Waals surface area contributed by atoms with Gasteiger partial charge in [0.05, 0.1) is 7.11 Å². The molecule has 0 unspecified atom stereocenters. The lowest BCUT2D eigenvalue weighted by Crippen LogP contribution is -2.53. The summed E-state index contributed by atoms with van der Waals surface area (Å²) in [6.45, 7) is 11.6. The van der Waals surface area contributed by atoms with Crippen molar-refractivity contribution in [3.05, 3.63) is 59.2 Å². The molecule has 0 fully saturated rings. The van der Waals surface area contributed by atoms with Gasteiger partial charge in [-0.15, -0.1) is 0 Å². The normalized spacial score (nSPS) is 12.1. The Morgan fingerprint density at radius 2 is 1.61 bits per heavy atom. The fourth-order valence-electron chi connectivity index (χ4n) is 3.02. The van der Waals surface area contributed by atoms with Crippen molar-refractivity contribution in [2.24, 2.45) is 0 Å². The van der Waals surface area contributed by atoms with Crippen LogP contribution >= 0.6 is 0 Å². The Bertz CT molecular complexity index is 901. The number of carbonyl (C=O) groups is 2. The second kappa shape index (κ2) is 10.3. The molecule has 0 saturated carbocycles. The van der Waals surface area contributed by atoms with E-state index < -0.39 is 11.6 Å². The molecule has 0 bridgehead atoms. The Labute approximate surface area is 185 Å². The molecule has 168 valence electrons. The molecular weight excluding hydrogens is 392 g/mol. The summed E-state index contributed by atoms with van der Waals surface area (Å²) in [5.41, 5.74) is 2.76. The maximum absolute atomic E-state index is 13.1. The van der Waals surface area contributed by atoms with Gasteiger partial charge in [-0.05, 0) is 82.5 Å². The molecule has 6 heteroatoms. The highest BCUT2D eigenvalue weighted by Gasteiger charge is 2.28. The number of methoxy groups -OCH3 is 1. The topological polar surface area (TPSA) is 67.9 Å². The molecule has 0 spiro atoms. The summed E-state index contributed by atoms with van der Waals surface area (Å²) in [6.07, 6.45) is 0. The minimum Gasteiger partial charge on any atom is -0.497 e. The first-order valence-corrected chi connectivity index (χ1v) is 10.4. The third-order valence-corrected chi connectivity index (χ3v) is 5.02. The van der Waals surface area contributed by atoms with Gasteiger partial charge in [0, 0.05) is 12.1 Å². The van der Waals surface area contributed by atoms with Crippen LogP contribution in [0.15, 0.2) is 42.5 Å². The number of benzene rings is 2. The zero-order valence-corrected chi connectivity index (χ0v) is 19.6. The van der Waals surface area contributed by atoms with Gasteiger partial charge in [-0.25, -0.2) is 0 Å². The van der Waals surface area contributed by atoms with Crippen LogP contribution < -0.4 is 14.8 Å². The lowest BCUT2D eigenvalue weighted by molar-refractivity contribution is -0.142. The monoisotopic (exact) mass is 426 g/mol. The molecule has 0 aliphatic rings. The van der Waals surface area contributed by atoms with Gasteiger partial charge in [-0.1, -0.05) is 18.2 Å². The SMILES string of the molecule is COc1ccc(CN(C(=O)COc2ccc(C)c(C)c2)[C@@H](C)C(=O)NC(C)(C)C)cc1. The number of hydrogen-bond donors (Lipinski definition) is 1. The number of ether oxygens (including phenoxy) is 2. The van der Waals surface area contributed by atoms with E-state index in [1.807, 2.05) is 77.1 Å². The zero-order valence-electron chi connectivity index (χ0n) is 19.6. The molecule has 2 aromatic rings. The molecule has 0 radical (unpaired) electrons. The van der Waals surface area contributed by atoms with Gasteiger partial charge in [0.1, 0.15) is 17.5 Å². The van der Waals surface area contributed by atoms with Gasteiger partial charge in [0.15, 0.2) is 6.61 Å². The third-order valence-electron chi connectivity index (χ3n) is 5.02. The Balaban J connectivity index is 2.18. The lowest BCUT2D eigenvalue weighted by atomic mass is 10.1. The van der Waals surface area contributed by atoms with Gasteiger partial charge in [-0.2, -0.15) is 0 Å². The van der Waals surface area contributed by atoms with Crippen LogP contribution in [0.1, 0.15) is 44.4 Å². The summed E-state index contributed by atoms with van der Waals surface area (Å²) in [6, 6.07) is 12.5. The number of rotatable bonds is 8. The highest BCUT2D eigenvalue weighted by atomic mass is 16.5. The van der Waals surface area contributed by atoms with Gasteiger partial charge in [0.2, 0.25) is 5.91 Å². The molecule has 0 saturated heterocycles. The Kier molecular flexibility index (Phi) is 8.08. The van der Waals surface area contributed by atoms with Crippen LogP contribution in [0.4, 0.5) is 0 Å². The summed E-state index contributed by atoms with van der Waals surface area (Å²) in [5.74, 6) is 0.900. The first kappa shape index (κ1) is 24.3. The van der Waals surface area contributed by atoms with Gasteiger partial charge in [0.25, 0.3) is 5.91 Å². The highest BCUT2D eigenvalue weighted by Crippen LogP contribution is 2.18. The number of amides is 2. The highest BCUT2D eigenvalue weighted by molar-refractivity contribution is 5.88. The molecule has 0 aliphatic carbocycles. The van der Waals surface area contributed by atoms with Gasteiger partial charge >= 0.3 is 0 Å². The van der Waals surface area contributed by atoms with E-state index in [0.29, 0.717) is 5.75 Å². The number of nitrogens with one attached hydrogen (secondary N) is 1. The van der Waals surface area contributed by atoms with E-state index in [1.54, 1.807) is 18.9 Å². The van der Waals surface area contributed by atoms with Crippen LogP contribution in [0.25, 0.3) is 0 Å². The molecule has 2 rings (SSSR count). The van der Waals surface area contributed by atoms with Crippen LogP contribution in [-0.4, -0.2) is 42.0 Å². The first-order valence-electron chi connectivity index (χ1n) is 10.4. The lowest BCUT2D eigenvalue weighted by Gasteiger charge is -2.31. The van der Waals surface area contributed by atoms with E-state index in [2.05, 4.69) is 5.32 Å². The third kappa shape index (κ3) is 7.31. The van der Waals surface area contributed by atoms with Crippen molar-refractivity contribution in [2.75, 3.05) is 13.7 Å². The quantitative estimate of drug-likeness (QED) is 0.692. The zero-order chi connectivity index (χ0) is 23.2. The van der Waals surface area contributed by atoms with E-state index >= 15 is 0 Å². The van der Waals surface area contributed by atoms with Crippen LogP contribution in [-0.2, 0) is 16.1 Å². The average molecular weight is 427 g/mol. The van der Waals surface area contributed by atoms with E-state index in [1.165, 1.54) is 0 Å². The minimum atomic E-state index is -0.655. The van der Waals surface area contributed by atoms with Crippen molar-refractivity contribution in [3.63, 3.8) is 0 Å². The molecule has 0 aromatic heterocycles. The smallest absolute Gasteiger partial charge is 0.261 e. The predicted octanol–water partition coefficient (Wildman–Crippen LogP) is 4.02. The standard InChI is InChI=1S/C25H34N2O4/c1-17-8-11-22(14-18(17)2)31-16-23(28)27(19(3)24(29)26-25(4,5)6)15-20-9-12-21(30-7)13-10-20/h8-14,19H,15-16H2,1-7H3,(H,26,29)/t19-/m0/s1. The van der Waals surface area contributed by atoms with Gasteiger partial charge in [-0.3, -0.25) is 9.59 Å². The second-order valence-electron chi connectivity index (χ2n) is 8.82. The molecule has 31 heavy (non-hydrogen) atoms. The van der Waals surface area contributed by atoms with Crippen LogP contribution in [0.3, 0.4) is 0 Å². The summed E-state index contributed by atoms with van der Waals surface area (Å²) in [5, 5.41) is 2.95. The summed E-state index contributed by atoms with van der Waals surface area (Å²) in [7, 11) is 1.61. The van der Waals surface area contributed by atoms with Crippen LogP contribution in [0.2, 0.25) is 0 Å². The largest absolute Gasteiger partial charge is 0.497 e. The van der Waals surface area contributed by atoms with Crippen molar-refractivity contribution in [1.29, 1.82) is 0 Å². The Hall–Kier alpha value is -3.02. The second-order valence-corrected chi connectivity index (χ2v) is 8.82. The maximum atomic E-state index is 13.1. The maximum Gasteiger partial charge on any atom is 0.261 e. The van der Waals surface area contributed by atoms with Crippen molar-refractivity contribution in [3.8, 4) is 11.5 Å². The molecule has 1 atom stereocenters. The van der Waals surface area contributed by atoms with Gasteiger partial charge < -0.3 is 19.7 Å². The first-order chi connectivity index (χ1) is 14.5. The van der Waals surface area contributed by atoms with Crippen molar-refractivity contribution < 1.29 is 19.1 Å². The fourth-order valence-corrected chi connectivity index (χ4v) is 3.02. The van der Waals surface area contributed by atoms with Crippen LogP contribution in [0, 0.1) is 13.8 Å². The van der Waals surface area contributed by atoms with E-state index in [0.717, 1.165) is 22.4 Å². The number of hydrogen-bond acceptors (Lipinski definition) is 4. The molecule has 6 nitrogen and oxygen atoms in total. The Morgan fingerprint density at radius 3 is 2.16 bits per heavy atom. The fraction of sp³-hybridized carbons (Fsp3) is 0.440. The van der Waals surface area contributed by atoms with E-state index in [4.69, 9.17) is 9.47 Å². The summed E-state index contributed by atoms with van der Waals surface area (Å²) in [4.78, 5) is 27.4. The molecule has 0 heterocycles. The number of carbonyl (C=O) groups excluding carboxylic acids is 2. The average Bonchev–Trinajstić information content (AvgIpc) is 2.71. The predicted molar refractivity (Wildman–Crippen MR) is 122 cm³/mol. The number of nitrogens with zero attached hydrogens (tertiary/aromatic N) is 1. The van der Waals surface area contributed by atoms with E-state index in [9.17, 15) is 9.59 Å². The van der Waals surface area contributed by atoms with Crippen molar-refractivity contribution in [2.45, 2.75) is 59.7 Å². The van der Waals surface area contributed by atoms with Crippen LogP contribution in [0.5, 0.6) is 11.5 Å². The molecule has 1 N–H and O–H groups in total. The number of aryl methyl sites for hydroxylation is 2.